The number of hydrogen-bond acceptors (Lipinski definition) is 1. The molecule has 0 saturated heterocycles. The molecule has 0 saturated carbocycles. The van der Waals surface area contributed by atoms with Gasteiger partial charge in [0.2, 0.25) is 0 Å². The second kappa shape index (κ2) is 2.56. The number of nitrogens with two attached hydrogens (primary N) is 1. The smallest absolute Gasteiger partial charge is 0.123 e. The first-order valence-corrected chi connectivity index (χ1v) is 4.23. The van der Waals surface area contributed by atoms with Crippen molar-refractivity contribution in [2.24, 2.45) is 5.73 Å². The fraction of sp³-hybridized carbons (Fsp3) is 0.400. The van der Waals surface area contributed by atoms with Crippen molar-refractivity contribution in [3.8, 4) is 0 Å². The molecule has 0 heterocycles. The van der Waals surface area contributed by atoms with Crippen molar-refractivity contribution in [3.05, 3.63) is 34.6 Å². The first kappa shape index (κ1) is 7.74. The Labute approximate surface area is 71.4 Å². The van der Waals surface area contributed by atoms with E-state index in [4.69, 9.17) is 5.73 Å². The van der Waals surface area contributed by atoms with Crippen molar-refractivity contribution < 1.29 is 4.39 Å². The van der Waals surface area contributed by atoms with Crippen LogP contribution in [0.4, 0.5) is 4.39 Å². The fourth-order valence-corrected chi connectivity index (χ4v) is 1.93. The number of fused-ring (bicyclic) bond motifs is 1. The highest BCUT2D eigenvalue weighted by Crippen LogP contribution is 2.31. The summed E-state index contributed by atoms with van der Waals surface area (Å²) in [6, 6.07) is 3.20. The molecule has 0 aliphatic heterocycles. The van der Waals surface area contributed by atoms with E-state index in [1.807, 2.05) is 6.92 Å². The molecule has 1 atom stereocenters. The van der Waals surface area contributed by atoms with Crippen molar-refractivity contribution in [2.75, 3.05) is 0 Å². The van der Waals surface area contributed by atoms with Crippen LogP contribution in [0.5, 0.6) is 0 Å². The zero-order valence-electron chi connectivity index (χ0n) is 7.10. The lowest BCUT2D eigenvalue weighted by Gasteiger charge is -2.06. The van der Waals surface area contributed by atoms with Gasteiger partial charge in [-0.3, -0.25) is 0 Å². The Hall–Kier alpha value is -0.890. The van der Waals surface area contributed by atoms with Crippen LogP contribution in [-0.2, 0) is 6.42 Å². The summed E-state index contributed by atoms with van der Waals surface area (Å²) >= 11 is 0. The van der Waals surface area contributed by atoms with Gasteiger partial charge in [0.15, 0.2) is 0 Å². The van der Waals surface area contributed by atoms with Crippen LogP contribution in [-0.4, -0.2) is 0 Å². The lowest BCUT2D eigenvalue weighted by atomic mass is 10.0. The lowest BCUT2D eigenvalue weighted by Crippen LogP contribution is -2.05. The average molecular weight is 165 g/mol. The van der Waals surface area contributed by atoms with Gasteiger partial charge in [0.05, 0.1) is 0 Å². The van der Waals surface area contributed by atoms with E-state index >= 15 is 0 Å². The summed E-state index contributed by atoms with van der Waals surface area (Å²) in [6.45, 7) is 1.94. The maximum absolute atomic E-state index is 12.9. The van der Waals surface area contributed by atoms with Crippen molar-refractivity contribution >= 4 is 0 Å². The Morgan fingerprint density at radius 2 is 2.25 bits per heavy atom. The molecule has 1 aliphatic carbocycles. The fourth-order valence-electron chi connectivity index (χ4n) is 1.93. The molecule has 0 spiro atoms. The van der Waals surface area contributed by atoms with Gasteiger partial charge in [-0.2, -0.15) is 0 Å². The standard InChI is InChI=1S/C10H12FN/c1-6-4-7(11)5-9-8(6)2-3-10(9)12/h4-5,10H,2-3,12H2,1H3. The van der Waals surface area contributed by atoms with Crippen LogP contribution in [0.2, 0.25) is 0 Å². The number of rotatable bonds is 0. The van der Waals surface area contributed by atoms with Crippen molar-refractivity contribution in [3.63, 3.8) is 0 Å². The van der Waals surface area contributed by atoms with Gasteiger partial charge >= 0.3 is 0 Å². The van der Waals surface area contributed by atoms with E-state index in [-0.39, 0.29) is 11.9 Å². The molecule has 2 heteroatoms. The summed E-state index contributed by atoms with van der Waals surface area (Å²) in [5.74, 6) is -0.163. The molecule has 12 heavy (non-hydrogen) atoms. The Morgan fingerprint density at radius 1 is 1.50 bits per heavy atom. The highest BCUT2D eigenvalue weighted by Gasteiger charge is 2.20. The second-order valence-electron chi connectivity index (χ2n) is 3.44. The van der Waals surface area contributed by atoms with Crippen LogP contribution in [0.1, 0.15) is 29.2 Å². The molecule has 1 nitrogen and oxygen atoms in total. The van der Waals surface area contributed by atoms with Crippen molar-refractivity contribution in [1.82, 2.24) is 0 Å². The van der Waals surface area contributed by atoms with Gasteiger partial charge in [-0.25, -0.2) is 4.39 Å². The normalized spacial score (nSPS) is 21.1. The monoisotopic (exact) mass is 165 g/mol. The minimum Gasteiger partial charge on any atom is -0.324 e. The first-order chi connectivity index (χ1) is 5.68. The highest BCUT2D eigenvalue weighted by atomic mass is 19.1. The third kappa shape index (κ3) is 1.03. The summed E-state index contributed by atoms with van der Waals surface area (Å²) < 4.78 is 12.9. The minimum absolute atomic E-state index is 0.0504. The van der Waals surface area contributed by atoms with Crippen LogP contribution in [0.15, 0.2) is 12.1 Å². The van der Waals surface area contributed by atoms with E-state index in [1.165, 1.54) is 5.56 Å². The van der Waals surface area contributed by atoms with Crippen molar-refractivity contribution in [2.45, 2.75) is 25.8 Å². The molecule has 0 fully saturated rings. The summed E-state index contributed by atoms with van der Waals surface area (Å²) in [5, 5.41) is 0. The third-order valence-electron chi connectivity index (χ3n) is 2.58. The molecular weight excluding hydrogens is 153 g/mol. The van der Waals surface area contributed by atoms with Gasteiger partial charge in [0.25, 0.3) is 0 Å². The summed E-state index contributed by atoms with van der Waals surface area (Å²) in [7, 11) is 0. The molecule has 0 radical (unpaired) electrons. The third-order valence-corrected chi connectivity index (χ3v) is 2.58. The highest BCUT2D eigenvalue weighted by molar-refractivity contribution is 5.40. The predicted octanol–water partition coefficient (Wildman–Crippen LogP) is 2.08. The Bertz CT molecular complexity index is 320. The molecule has 0 bridgehead atoms. The van der Waals surface area contributed by atoms with Gasteiger partial charge < -0.3 is 5.73 Å². The Balaban J connectivity index is 2.60. The zero-order valence-corrected chi connectivity index (χ0v) is 7.10. The molecule has 1 aromatic rings. The topological polar surface area (TPSA) is 26.0 Å². The Morgan fingerprint density at radius 3 is 3.00 bits per heavy atom. The maximum atomic E-state index is 12.9. The number of halogens is 1. The Kier molecular flexibility index (Phi) is 1.65. The van der Waals surface area contributed by atoms with E-state index in [1.54, 1.807) is 12.1 Å². The summed E-state index contributed by atoms with van der Waals surface area (Å²) in [4.78, 5) is 0. The number of hydrogen-bond donors (Lipinski definition) is 1. The van der Waals surface area contributed by atoms with E-state index < -0.39 is 0 Å². The molecule has 2 rings (SSSR count). The van der Waals surface area contributed by atoms with Crippen LogP contribution >= 0.6 is 0 Å². The van der Waals surface area contributed by atoms with Gasteiger partial charge in [0.1, 0.15) is 5.82 Å². The SMILES string of the molecule is Cc1cc(F)cc2c1CCC2N. The van der Waals surface area contributed by atoms with Gasteiger partial charge in [0, 0.05) is 6.04 Å². The quantitative estimate of drug-likeness (QED) is 0.625. The van der Waals surface area contributed by atoms with E-state index in [2.05, 4.69) is 0 Å². The average Bonchev–Trinajstić information content (AvgIpc) is 2.33. The summed E-state index contributed by atoms with van der Waals surface area (Å²) in [6.07, 6.45) is 1.96. The predicted molar refractivity (Wildman–Crippen MR) is 46.4 cm³/mol. The molecule has 2 N–H and O–H groups in total. The number of aryl methyl sites for hydroxylation is 1. The largest absolute Gasteiger partial charge is 0.324 e. The van der Waals surface area contributed by atoms with Gasteiger partial charge in [-0.15, -0.1) is 0 Å². The van der Waals surface area contributed by atoms with E-state index in [0.29, 0.717) is 0 Å². The van der Waals surface area contributed by atoms with E-state index in [9.17, 15) is 4.39 Å². The first-order valence-electron chi connectivity index (χ1n) is 4.23. The second-order valence-corrected chi connectivity index (χ2v) is 3.44. The molecular formula is C10H12FN. The van der Waals surface area contributed by atoms with Crippen LogP contribution in [0.25, 0.3) is 0 Å². The molecule has 1 aromatic carbocycles. The molecule has 0 aromatic heterocycles. The summed E-state index contributed by atoms with van der Waals surface area (Å²) in [5.41, 5.74) is 9.12. The number of benzene rings is 1. The lowest BCUT2D eigenvalue weighted by molar-refractivity contribution is 0.621. The zero-order chi connectivity index (χ0) is 8.72. The molecule has 0 amide bonds. The maximum Gasteiger partial charge on any atom is 0.123 e. The van der Waals surface area contributed by atoms with E-state index in [0.717, 1.165) is 24.0 Å². The van der Waals surface area contributed by atoms with Gasteiger partial charge in [-0.1, -0.05) is 0 Å². The molecule has 1 aliphatic rings. The van der Waals surface area contributed by atoms with Crippen molar-refractivity contribution in [1.29, 1.82) is 0 Å². The van der Waals surface area contributed by atoms with Crippen LogP contribution in [0, 0.1) is 12.7 Å². The molecule has 1 unspecified atom stereocenters. The van der Waals surface area contributed by atoms with Gasteiger partial charge in [-0.05, 0) is 48.6 Å². The minimum atomic E-state index is -0.163. The molecule has 64 valence electrons. The van der Waals surface area contributed by atoms with Crippen LogP contribution < -0.4 is 5.73 Å². The van der Waals surface area contributed by atoms with Crippen LogP contribution in [0.3, 0.4) is 0 Å².